The molecule has 0 N–H and O–H groups in total. The van der Waals surface area contributed by atoms with E-state index >= 15 is 0 Å². The lowest BCUT2D eigenvalue weighted by Gasteiger charge is -2.37. The van der Waals surface area contributed by atoms with Crippen molar-refractivity contribution in [1.29, 1.82) is 0 Å². The molecule has 1 fully saturated rings. The summed E-state index contributed by atoms with van der Waals surface area (Å²) in [5, 5.41) is 0. The first-order valence-electron chi connectivity index (χ1n) is 12.9. The molecule has 198 valence electrons. The highest BCUT2D eigenvalue weighted by atomic mass is 32.2. The van der Waals surface area contributed by atoms with Gasteiger partial charge >= 0.3 is 0 Å². The van der Waals surface area contributed by atoms with Gasteiger partial charge in [-0.25, -0.2) is 8.42 Å². The van der Waals surface area contributed by atoms with E-state index in [0.29, 0.717) is 35.6 Å². The predicted molar refractivity (Wildman–Crippen MR) is 140 cm³/mol. The van der Waals surface area contributed by atoms with Crippen molar-refractivity contribution in [1.82, 2.24) is 4.90 Å². The molecule has 8 heteroatoms. The van der Waals surface area contributed by atoms with Crippen LogP contribution in [0, 0.1) is 5.92 Å². The zero-order chi connectivity index (χ0) is 26.8. The quantitative estimate of drug-likeness (QED) is 0.447. The third-order valence-corrected chi connectivity index (χ3v) is 9.35. The molecule has 4 rings (SSSR count). The molecule has 2 aromatic carbocycles. The number of imide groups is 1. The summed E-state index contributed by atoms with van der Waals surface area (Å²) in [6, 6.07) is 11.5. The number of hydrogen-bond donors (Lipinski definition) is 0. The highest BCUT2D eigenvalue weighted by molar-refractivity contribution is 7.92. The number of nitrogens with zero attached hydrogens (tertiary/aromatic N) is 1. The Hall–Kier alpha value is -3.00. The minimum absolute atomic E-state index is 0.112. The molecule has 0 saturated heterocycles. The molecule has 0 aromatic heterocycles. The summed E-state index contributed by atoms with van der Waals surface area (Å²) in [5.41, 5.74) is 1.05. The van der Waals surface area contributed by atoms with Crippen molar-refractivity contribution in [3.63, 3.8) is 0 Å². The number of fused-ring (bicyclic) bond motifs is 1. The fourth-order valence-corrected chi connectivity index (χ4v) is 6.70. The molecular formula is C29H35NO6S. The van der Waals surface area contributed by atoms with E-state index in [2.05, 4.69) is 0 Å². The normalized spacial score (nSPS) is 18.0. The van der Waals surface area contributed by atoms with Crippen molar-refractivity contribution < 1.29 is 27.5 Å². The van der Waals surface area contributed by atoms with Gasteiger partial charge in [0.1, 0.15) is 17.3 Å². The lowest BCUT2D eigenvalue weighted by atomic mass is 9.77. The van der Waals surface area contributed by atoms with Crippen LogP contribution in [0.1, 0.15) is 73.9 Å². The minimum atomic E-state index is -3.72. The number of benzene rings is 2. The smallest absolute Gasteiger partial charge is 0.260 e. The predicted octanol–water partition coefficient (Wildman–Crippen LogP) is 4.51. The minimum Gasteiger partial charge on any atom is -0.497 e. The van der Waals surface area contributed by atoms with E-state index in [4.69, 9.17) is 4.74 Å². The summed E-state index contributed by atoms with van der Waals surface area (Å²) in [7, 11) is -2.19. The van der Waals surface area contributed by atoms with Gasteiger partial charge in [0.25, 0.3) is 5.91 Å². The second-order valence-corrected chi connectivity index (χ2v) is 12.7. The van der Waals surface area contributed by atoms with Crippen LogP contribution >= 0.6 is 0 Å². The van der Waals surface area contributed by atoms with Gasteiger partial charge < -0.3 is 4.74 Å². The van der Waals surface area contributed by atoms with Crippen LogP contribution in [0.3, 0.4) is 0 Å². The summed E-state index contributed by atoms with van der Waals surface area (Å²) in [6.45, 7) is 3.77. The molecule has 0 spiro atoms. The van der Waals surface area contributed by atoms with E-state index in [1.165, 1.54) is 30.6 Å². The third-order valence-electron chi connectivity index (χ3n) is 7.65. The largest absolute Gasteiger partial charge is 0.497 e. The highest BCUT2D eigenvalue weighted by Crippen LogP contribution is 2.36. The Morgan fingerprint density at radius 3 is 2.35 bits per heavy atom. The van der Waals surface area contributed by atoms with Gasteiger partial charge in [-0.15, -0.1) is 0 Å². The van der Waals surface area contributed by atoms with Crippen LogP contribution in [0.2, 0.25) is 0 Å². The molecule has 1 aliphatic carbocycles. The molecule has 0 bridgehead atoms. The summed E-state index contributed by atoms with van der Waals surface area (Å²) >= 11 is 0. The van der Waals surface area contributed by atoms with Crippen molar-refractivity contribution in [2.24, 2.45) is 5.92 Å². The first-order valence-corrected chi connectivity index (χ1v) is 14.6. The number of rotatable bonds is 9. The monoisotopic (exact) mass is 525 g/mol. The van der Waals surface area contributed by atoms with Crippen molar-refractivity contribution in [2.75, 3.05) is 19.4 Å². The van der Waals surface area contributed by atoms with E-state index in [-0.39, 0.29) is 29.0 Å². The molecular weight excluding hydrogens is 490 g/mol. The average molecular weight is 526 g/mol. The number of ketones is 1. The standard InChI is InChI=1S/C29H35NO6S/c1-29(2)26-14-11-23(36-3)18-25(26)27(32)30(28(29)33)16-15-20-9-12-24(13-10-20)37(34,35)19-22(31)17-21-7-5-4-6-8-21/h9-14,18,21H,4-8,15-17,19H2,1-3H3. The Labute approximate surface area is 219 Å². The van der Waals surface area contributed by atoms with Crippen LogP contribution in [-0.4, -0.2) is 50.3 Å². The maximum atomic E-state index is 13.2. The second kappa shape index (κ2) is 10.8. The Kier molecular flexibility index (Phi) is 7.88. The zero-order valence-electron chi connectivity index (χ0n) is 21.8. The van der Waals surface area contributed by atoms with Gasteiger partial charge in [0.05, 0.1) is 17.4 Å². The number of carbonyl (C=O) groups excluding carboxylic acids is 3. The maximum Gasteiger partial charge on any atom is 0.260 e. The molecule has 0 unspecified atom stereocenters. The first-order chi connectivity index (χ1) is 17.5. The Morgan fingerprint density at radius 1 is 1.03 bits per heavy atom. The zero-order valence-corrected chi connectivity index (χ0v) is 22.6. The van der Waals surface area contributed by atoms with Crippen molar-refractivity contribution in [3.8, 4) is 5.75 Å². The number of sulfone groups is 1. The van der Waals surface area contributed by atoms with Gasteiger partial charge in [0, 0.05) is 18.5 Å². The number of carbonyl (C=O) groups is 3. The molecule has 0 radical (unpaired) electrons. The van der Waals surface area contributed by atoms with E-state index < -0.39 is 21.0 Å². The Bertz CT molecular complexity index is 1290. The summed E-state index contributed by atoms with van der Waals surface area (Å²) < 4.78 is 30.9. The van der Waals surface area contributed by atoms with Gasteiger partial charge in [-0.2, -0.15) is 0 Å². The van der Waals surface area contributed by atoms with Crippen LogP contribution in [0.5, 0.6) is 5.75 Å². The molecule has 1 saturated carbocycles. The number of ether oxygens (including phenoxy) is 1. The molecule has 1 aliphatic heterocycles. The van der Waals surface area contributed by atoms with E-state index in [0.717, 1.165) is 31.2 Å². The Morgan fingerprint density at radius 2 is 1.70 bits per heavy atom. The van der Waals surface area contributed by atoms with Crippen molar-refractivity contribution >= 4 is 27.4 Å². The van der Waals surface area contributed by atoms with Crippen molar-refractivity contribution in [2.45, 2.75) is 69.1 Å². The highest BCUT2D eigenvalue weighted by Gasteiger charge is 2.44. The number of Topliss-reactive ketones (excluding diaryl/α,β-unsaturated/α-hetero) is 1. The molecule has 7 nitrogen and oxygen atoms in total. The second-order valence-electron chi connectivity index (χ2n) is 10.7. The summed E-state index contributed by atoms with van der Waals surface area (Å²) in [4.78, 5) is 40.2. The van der Waals surface area contributed by atoms with E-state index in [1.54, 1.807) is 44.2 Å². The van der Waals surface area contributed by atoms with Gasteiger partial charge in [-0.05, 0) is 61.6 Å². The molecule has 1 heterocycles. The van der Waals surface area contributed by atoms with Gasteiger partial charge in [0.2, 0.25) is 5.91 Å². The SMILES string of the molecule is COc1ccc2c(c1)C(=O)N(CCc1ccc(S(=O)(=O)CC(=O)CC3CCCCC3)cc1)C(=O)C2(C)C. The molecule has 2 aromatic rings. The lowest BCUT2D eigenvalue weighted by molar-refractivity contribution is -0.134. The fourth-order valence-electron chi connectivity index (χ4n) is 5.44. The topological polar surface area (TPSA) is 97.8 Å². The number of amides is 2. The summed E-state index contributed by atoms with van der Waals surface area (Å²) in [5.74, 6) is -0.488. The van der Waals surface area contributed by atoms with Crippen LogP contribution in [0.25, 0.3) is 0 Å². The van der Waals surface area contributed by atoms with E-state index in [1.807, 2.05) is 0 Å². The Balaban J connectivity index is 1.41. The van der Waals surface area contributed by atoms with Crippen LogP contribution in [0.15, 0.2) is 47.4 Å². The average Bonchev–Trinajstić information content (AvgIpc) is 2.88. The van der Waals surface area contributed by atoms with Crippen LogP contribution in [0.4, 0.5) is 0 Å². The molecule has 2 amide bonds. The molecule has 0 atom stereocenters. The number of methoxy groups -OCH3 is 1. The van der Waals surface area contributed by atoms with Crippen molar-refractivity contribution in [3.05, 3.63) is 59.2 Å². The summed E-state index contributed by atoms with van der Waals surface area (Å²) in [6.07, 6.45) is 6.12. The van der Waals surface area contributed by atoms with E-state index in [9.17, 15) is 22.8 Å². The maximum absolute atomic E-state index is 13.2. The lowest BCUT2D eigenvalue weighted by Crippen LogP contribution is -2.52. The number of hydrogen-bond acceptors (Lipinski definition) is 6. The molecule has 37 heavy (non-hydrogen) atoms. The van der Waals surface area contributed by atoms with Gasteiger partial charge in [-0.1, -0.05) is 50.3 Å². The first kappa shape index (κ1) is 27.0. The van der Waals surface area contributed by atoms with Gasteiger partial charge in [0.15, 0.2) is 9.84 Å². The van der Waals surface area contributed by atoms with Crippen LogP contribution < -0.4 is 4.74 Å². The van der Waals surface area contributed by atoms with Crippen LogP contribution in [-0.2, 0) is 31.3 Å². The molecule has 2 aliphatic rings. The van der Waals surface area contributed by atoms with Gasteiger partial charge in [-0.3, -0.25) is 19.3 Å². The fraction of sp³-hybridized carbons (Fsp3) is 0.483. The third kappa shape index (κ3) is 5.79.